The molecule has 2 aromatic carbocycles. The Kier molecular flexibility index (Phi) is 4.29. The summed E-state index contributed by atoms with van der Waals surface area (Å²) >= 11 is 3.47. The first kappa shape index (κ1) is 14.8. The Balaban J connectivity index is 2.53. The minimum atomic E-state index is -0.0225. The zero-order chi connectivity index (χ0) is 14.9. The second-order valence-electron chi connectivity index (χ2n) is 4.88. The normalized spacial score (nSPS) is 10.4. The van der Waals surface area contributed by atoms with E-state index in [1.54, 1.807) is 7.11 Å². The third-order valence-corrected chi connectivity index (χ3v) is 4.41. The zero-order valence-corrected chi connectivity index (χ0v) is 13.7. The largest absolute Gasteiger partial charge is 0.496 e. The molecule has 0 amide bonds. The Bertz CT molecular complexity index is 675. The van der Waals surface area contributed by atoms with E-state index in [-0.39, 0.29) is 5.78 Å². The summed E-state index contributed by atoms with van der Waals surface area (Å²) in [5.41, 5.74) is 4.48. The molecule has 3 heteroatoms. The van der Waals surface area contributed by atoms with Crippen LogP contribution in [0.4, 0.5) is 0 Å². The van der Waals surface area contributed by atoms with E-state index in [2.05, 4.69) is 15.9 Å². The summed E-state index contributed by atoms with van der Waals surface area (Å²) in [5.74, 6) is 0.636. The lowest BCUT2D eigenvalue weighted by Crippen LogP contribution is -2.06. The fourth-order valence-corrected chi connectivity index (χ4v) is 2.50. The first-order valence-electron chi connectivity index (χ1n) is 6.40. The Labute approximate surface area is 127 Å². The molecule has 0 atom stereocenters. The van der Waals surface area contributed by atoms with Crippen LogP contribution in [0.2, 0.25) is 0 Å². The van der Waals surface area contributed by atoms with Gasteiger partial charge in [-0.1, -0.05) is 34.1 Å². The molecule has 20 heavy (non-hydrogen) atoms. The molecule has 0 aliphatic heterocycles. The number of carbonyl (C=O) groups is 1. The summed E-state index contributed by atoms with van der Waals surface area (Å²) in [6, 6.07) is 9.42. The van der Waals surface area contributed by atoms with Crippen molar-refractivity contribution >= 4 is 21.7 Å². The highest BCUT2D eigenvalue weighted by atomic mass is 79.9. The number of aryl methyl sites for hydroxylation is 2. The molecule has 0 radical (unpaired) electrons. The molecular weight excluding hydrogens is 316 g/mol. The van der Waals surface area contributed by atoms with Gasteiger partial charge < -0.3 is 4.74 Å². The lowest BCUT2D eigenvalue weighted by Gasteiger charge is -2.13. The molecule has 0 aliphatic carbocycles. The Morgan fingerprint density at radius 1 is 1.05 bits per heavy atom. The van der Waals surface area contributed by atoms with Crippen LogP contribution < -0.4 is 4.74 Å². The van der Waals surface area contributed by atoms with E-state index < -0.39 is 0 Å². The molecule has 0 saturated carbocycles. The number of benzene rings is 2. The number of halogens is 1. The van der Waals surface area contributed by atoms with E-state index in [0.717, 1.165) is 21.2 Å². The van der Waals surface area contributed by atoms with Crippen molar-refractivity contribution in [1.29, 1.82) is 0 Å². The van der Waals surface area contributed by atoms with Crippen LogP contribution in [0.5, 0.6) is 5.75 Å². The van der Waals surface area contributed by atoms with Crippen molar-refractivity contribution < 1.29 is 9.53 Å². The highest BCUT2D eigenvalue weighted by molar-refractivity contribution is 9.10. The van der Waals surface area contributed by atoms with Gasteiger partial charge in [0.25, 0.3) is 0 Å². The van der Waals surface area contributed by atoms with E-state index in [4.69, 9.17) is 4.74 Å². The molecule has 0 N–H and O–H groups in total. The van der Waals surface area contributed by atoms with Gasteiger partial charge in [0.15, 0.2) is 5.78 Å². The number of hydrogen-bond donors (Lipinski definition) is 0. The number of hydrogen-bond acceptors (Lipinski definition) is 2. The molecule has 2 rings (SSSR count). The first-order chi connectivity index (χ1) is 9.45. The first-order valence-corrected chi connectivity index (χ1v) is 7.20. The van der Waals surface area contributed by atoms with Crippen LogP contribution in [0.1, 0.15) is 32.6 Å². The average molecular weight is 333 g/mol. The van der Waals surface area contributed by atoms with Gasteiger partial charge in [0, 0.05) is 10.0 Å². The lowest BCUT2D eigenvalue weighted by atomic mass is 9.97. The van der Waals surface area contributed by atoms with Crippen LogP contribution in [-0.2, 0) is 0 Å². The van der Waals surface area contributed by atoms with Gasteiger partial charge in [0.05, 0.1) is 12.7 Å². The molecule has 0 fully saturated rings. The van der Waals surface area contributed by atoms with Crippen LogP contribution in [0.15, 0.2) is 34.8 Å². The Hall–Kier alpha value is -1.61. The Morgan fingerprint density at radius 2 is 1.70 bits per heavy atom. The lowest BCUT2D eigenvalue weighted by molar-refractivity contribution is 0.103. The van der Waals surface area contributed by atoms with Crippen LogP contribution in [0.25, 0.3) is 0 Å². The van der Waals surface area contributed by atoms with Crippen molar-refractivity contribution in [2.75, 3.05) is 7.11 Å². The van der Waals surface area contributed by atoms with Crippen LogP contribution in [0, 0.1) is 20.8 Å². The van der Waals surface area contributed by atoms with Crippen molar-refractivity contribution in [3.8, 4) is 5.75 Å². The van der Waals surface area contributed by atoms with Gasteiger partial charge in [-0.3, -0.25) is 4.79 Å². The topological polar surface area (TPSA) is 26.3 Å². The molecule has 0 spiro atoms. The summed E-state index contributed by atoms with van der Waals surface area (Å²) in [6.45, 7) is 5.97. The SMILES string of the molecule is COc1c(C(=O)c2ccc(C)c(Br)c2)ccc(C)c1C. The fourth-order valence-electron chi connectivity index (χ4n) is 2.12. The third-order valence-electron chi connectivity index (χ3n) is 3.56. The number of ether oxygens (including phenoxy) is 1. The third kappa shape index (κ3) is 2.63. The predicted octanol–water partition coefficient (Wildman–Crippen LogP) is 4.61. The second-order valence-corrected chi connectivity index (χ2v) is 5.74. The molecule has 0 aliphatic rings. The van der Waals surface area contributed by atoms with Gasteiger partial charge >= 0.3 is 0 Å². The smallest absolute Gasteiger partial charge is 0.196 e. The highest BCUT2D eigenvalue weighted by Crippen LogP contribution is 2.29. The number of methoxy groups -OCH3 is 1. The molecule has 0 heterocycles. The van der Waals surface area contributed by atoms with Gasteiger partial charge in [-0.15, -0.1) is 0 Å². The van der Waals surface area contributed by atoms with Crippen LogP contribution >= 0.6 is 15.9 Å². The monoisotopic (exact) mass is 332 g/mol. The summed E-state index contributed by atoms with van der Waals surface area (Å²) < 4.78 is 6.36. The predicted molar refractivity (Wildman–Crippen MR) is 84.8 cm³/mol. The highest BCUT2D eigenvalue weighted by Gasteiger charge is 2.17. The van der Waals surface area contributed by atoms with E-state index in [0.29, 0.717) is 16.9 Å². The van der Waals surface area contributed by atoms with Crippen molar-refractivity contribution in [3.63, 3.8) is 0 Å². The summed E-state index contributed by atoms with van der Waals surface area (Å²) in [6.07, 6.45) is 0. The number of rotatable bonds is 3. The van der Waals surface area contributed by atoms with Gasteiger partial charge in [-0.05, 0) is 49.6 Å². The van der Waals surface area contributed by atoms with Gasteiger partial charge in [-0.2, -0.15) is 0 Å². The van der Waals surface area contributed by atoms with Crippen molar-refractivity contribution in [1.82, 2.24) is 0 Å². The van der Waals surface area contributed by atoms with E-state index in [9.17, 15) is 4.79 Å². The van der Waals surface area contributed by atoms with Crippen LogP contribution in [-0.4, -0.2) is 12.9 Å². The number of carbonyl (C=O) groups excluding carboxylic acids is 1. The van der Waals surface area contributed by atoms with Crippen molar-refractivity contribution in [2.24, 2.45) is 0 Å². The minimum Gasteiger partial charge on any atom is -0.496 e. The molecule has 0 bridgehead atoms. The van der Waals surface area contributed by atoms with E-state index in [1.807, 2.05) is 51.1 Å². The van der Waals surface area contributed by atoms with Crippen molar-refractivity contribution in [2.45, 2.75) is 20.8 Å². The Morgan fingerprint density at radius 3 is 2.30 bits per heavy atom. The molecule has 0 aromatic heterocycles. The maximum Gasteiger partial charge on any atom is 0.196 e. The maximum absolute atomic E-state index is 12.7. The molecule has 0 saturated heterocycles. The quantitative estimate of drug-likeness (QED) is 0.767. The number of ketones is 1. The van der Waals surface area contributed by atoms with Gasteiger partial charge in [0.1, 0.15) is 5.75 Å². The fraction of sp³-hybridized carbons (Fsp3) is 0.235. The zero-order valence-electron chi connectivity index (χ0n) is 12.1. The molecule has 2 aromatic rings. The summed E-state index contributed by atoms with van der Waals surface area (Å²) in [4.78, 5) is 12.7. The second kappa shape index (κ2) is 5.80. The molecule has 2 nitrogen and oxygen atoms in total. The van der Waals surface area contributed by atoms with E-state index >= 15 is 0 Å². The van der Waals surface area contributed by atoms with Crippen LogP contribution in [0.3, 0.4) is 0 Å². The average Bonchev–Trinajstić information content (AvgIpc) is 2.44. The standard InChI is InChI=1S/C17H17BrO2/c1-10-6-8-14(17(20-4)12(10)3)16(19)13-7-5-11(2)15(18)9-13/h5-9H,1-4H3. The van der Waals surface area contributed by atoms with Gasteiger partial charge in [-0.25, -0.2) is 0 Å². The summed E-state index contributed by atoms with van der Waals surface area (Å²) in [5, 5.41) is 0. The minimum absolute atomic E-state index is 0.0225. The molecule has 0 unspecified atom stereocenters. The van der Waals surface area contributed by atoms with E-state index in [1.165, 1.54) is 0 Å². The summed E-state index contributed by atoms with van der Waals surface area (Å²) in [7, 11) is 1.60. The maximum atomic E-state index is 12.7. The molecular formula is C17H17BrO2. The van der Waals surface area contributed by atoms with Crippen molar-refractivity contribution in [3.05, 3.63) is 62.6 Å². The van der Waals surface area contributed by atoms with Gasteiger partial charge in [0.2, 0.25) is 0 Å². The molecule has 104 valence electrons.